The second kappa shape index (κ2) is 10.8. The van der Waals surface area contributed by atoms with Crippen LogP contribution in [0, 0.1) is 11.8 Å². The summed E-state index contributed by atoms with van der Waals surface area (Å²) in [6, 6.07) is 3.65. The Morgan fingerprint density at radius 2 is 1.93 bits per heavy atom. The Morgan fingerprint density at radius 3 is 2.47 bits per heavy atom. The van der Waals surface area contributed by atoms with Crippen LogP contribution in [0.2, 0.25) is 0 Å². The minimum atomic E-state index is -1.03. The molecule has 0 heterocycles. The van der Waals surface area contributed by atoms with Crippen LogP contribution in [0.25, 0.3) is 0 Å². The number of nitrogens with one attached hydrogen (secondary N) is 1. The molecule has 1 amide bonds. The molecule has 0 bridgehead atoms. The highest BCUT2D eigenvalue weighted by molar-refractivity contribution is 9.10. The van der Waals surface area contributed by atoms with Crippen molar-refractivity contribution in [3.05, 3.63) is 27.7 Å². The van der Waals surface area contributed by atoms with Gasteiger partial charge in [0.1, 0.15) is 11.3 Å². The van der Waals surface area contributed by atoms with E-state index in [0.717, 1.165) is 10.0 Å². The van der Waals surface area contributed by atoms with Gasteiger partial charge in [-0.2, -0.15) is 0 Å². The Kier molecular flexibility index (Phi) is 8.75. The first-order chi connectivity index (χ1) is 14.2. The minimum Gasteiger partial charge on any atom is -0.496 e. The maximum absolute atomic E-state index is 12.9. The van der Waals surface area contributed by atoms with E-state index in [0.29, 0.717) is 37.0 Å². The standard InChI is InChI=1S/C23H30BrNO5/c1-6-7-16-12-19(24)18(20(13-16)28-4)14-21(26)25-23(22(27)29-5)10-8-17(9-11-23)30-15(2)3/h12-13,15,17H,8-11,14H2,1-5H3,(H,25,26). The summed E-state index contributed by atoms with van der Waals surface area (Å²) in [6.45, 7) is 5.74. The summed E-state index contributed by atoms with van der Waals surface area (Å²) in [6.07, 6.45) is 2.60. The van der Waals surface area contributed by atoms with E-state index in [1.54, 1.807) is 20.1 Å². The molecule has 1 saturated carbocycles. The second-order valence-corrected chi connectivity index (χ2v) is 8.55. The lowest BCUT2D eigenvalue weighted by atomic mass is 9.80. The summed E-state index contributed by atoms with van der Waals surface area (Å²) < 4.78 is 17.1. The maximum Gasteiger partial charge on any atom is 0.331 e. The number of halogens is 1. The predicted molar refractivity (Wildman–Crippen MR) is 118 cm³/mol. The highest BCUT2D eigenvalue weighted by Crippen LogP contribution is 2.33. The molecule has 0 atom stereocenters. The number of benzene rings is 1. The number of hydrogen-bond acceptors (Lipinski definition) is 5. The third-order valence-corrected chi connectivity index (χ3v) is 5.89. The average molecular weight is 480 g/mol. The van der Waals surface area contributed by atoms with Crippen molar-refractivity contribution < 1.29 is 23.8 Å². The lowest BCUT2D eigenvalue weighted by molar-refractivity contribution is -0.154. The van der Waals surface area contributed by atoms with Gasteiger partial charge in [-0.3, -0.25) is 4.79 Å². The largest absolute Gasteiger partial charge is 0.496 e. The van der Waals surface area contributed by atoms with Crippen molar-refractivity contribution in [1.82, 2.24) is 5.32 Å². The van der Waals surface area contributed by atoms with Crippen molar-refractivity contribution in [2.45, 2.75) is 70.6 Å². The Bertz CT molecular complexity index is 832. The van der Waals surface area contributed by atoms with Crippen molar-refractivity contribution in [2.24, 2.45) is 0 Å². The van der Waals surface area contributed by atoms with Crippen molar-refractivity contribution in [3.8, 4) is 17.6 Å². The van der Waals surface area contributed by atoms with Gasteiger partial charge in [-0.25, -0.2) is 4.79 Å². The highest BCUT2D eigenvalue weighted by atomic mass is 79.9. The van der Waals surface area contributed by atoms with Gasteiger partial charge in [0.25, 0.3) is 0 Å². The van der Waals surface area contributed by atoms with Crippen LogP contribution in [0.4, 0.5) is 0 Å². The maximum atomic E-state index is 12.9. The Morgan fingerprint density at radius 1 is 1.27 bits per heavy atom. The second-order valence-electron chi connectivity index (χ2n) is 7.70. The van der Waals surface area contributed by atoms with E-state index < -0.39 is 11.5 Å². The molecule has 1 aliphatic carbocycles. The zero-order valence-corrected chi connectivity index (χ0v) is 19.9. The first-order valence-corrected chi connectivity index (χ1v) is 10.9. The molecular weight excluding hydrogens is 450 g/mol. The Balaban J connectivity index is 2.18. The third-order valence-electron chi connectivity index (χ3n) is 5.19. The van der Waals surface area contributed by atoms with E-state index in [2.05, 4.69) is 33.1 Å². The van der Waals surface area contributed by atoms with Gasteiger partial charge in [-0.05, 0) is 58.6 Å². The smallest absolute Gasteiger partial charge is 0.331 e. The van der Waals surface area contributed by atoms with E-state index >= 15 is 0 Å². The van der Waals surface area contributed by atoms with Gasteiger partial charge in [-0.1, -0.05) is 21.9 Å². The molecule has 1 fully saturated rings. The van der Waals surface area contributed by atoms with Gasteiger partial charge in [0.2, 0.25) is 5.91 Å². The van der Waals surface area contributed by atoms with E-state index in [1.165, 1.54) is 7.11 Å². The summed E-state index contributed by atoms with van der Waals surface area (Å²) in [5.74, 6) is 5.71. The molecule has 0 saturated heterocycles. The number of hydrogen-bond donors (Lipinski definition) is 1. The topological polar surface area (TPSA) is 73.9 Å². The first kappa shape index (κ1) is 24.2. The van der Waals surface area contributed by atoms with Crippen molar-refractivity contribution in [2.75, 3.05) is 14.2 Å². The Labute approximate surface area is 187 Å². The zero-order valence-electron chi connectivity index (χ0n) is 18.3. The molecular formula is C23H30BrNO5. The van der Waals surface area contributed by atoms with Gasteiger partial charge in [0.05, 0.1) is 32.8 Å². The van der Waals surface area contributed by atoms with E-state index in [4.69, 9.17) is 14.2 Å². The number of carbonyl (C=O) groups is 2. The van der Waals surface area contributed by atoms with Crippen molar-refractivity contribution >= 4 is 27.8 Å². The van der Waals surface area contributed by atoms with Crippen LogP contribution in [0.3, 0.4) is 0 Å². The van der Waals surface area contributed by atoms with Crippen LogP contribution < -0.4 is 10.1 Å². The number of methoxy groups -OCH3 is 2. The van der Waals surface area contributed by atoms with Gasteiger partial charge >= 0.3 is 5.97 Å². The predicted octanol–water partition coefficient (Wildman–Crippen LogP) is 3.77. The molecule has 0 unspecified atom stereocenters. The van der Waals surface area contributed by atoms with Crippen LogP contribution in [-0.2, 0) is 25.5 Å². The Hall–Kier alpha value is -2.04. The molecule has 1 aliphatic rings. The number of ether oxygens (including phenoxy) is 3. The zero-order chi connectivity index (χ0) is 22.3. The number of rotatable bonds is 7. The van der Waals surface area contributed by atoms with Gasteiger partial charge in [0.15, 0.2) is 0 Å². The van der Waals surface area contributed by atoms with Crippen LogP contribution in [-0.4, -0.2) is 43.8 Å². The molecule has 6 nitrogen and oxygen atoms in total. The fourth-order valence-corrected chi connectivity index (χ4v) is 4.42. The molecule has 1 N–H and O–H groups in total. The number of carbonyl (C=O) groups excluding carboxylic acids is 2. The summed E-state index contributed by atoms with van der Waals surface area (Å²) in [4.78, 5) is 25.5. The summed E-state index contributed by atoms with van der Waals surface area (Å²) in [5, 5.41) is 2.95. The van der Waals surface area contributed by atoms with Gasteiger partial charge < -0.3 is 19.5 Å². The van der Waals surface area contributed by atoms with E-state index in [-0.39, 0.29) is 24.5 Å². The summed E-state index contributed by atoms with van der Waals surface area (Å²) in [7, 11) is 2.90. The third kappa shape index (κ3) is 5.99. The van der Waals surface area contributed by atoms with Crippen LogP contribution >= 0.6 is 15.9 Å². The monoisotopic (exact) mass is 479 g/mol. The lowest BCUT2D eigenvalue weighted by Gasteiger charge is -2.38. The van der Waals surface area contributed by atoms with Crippen LogP contribution in [0.1, 0.15) is 57.6 Å². The first-order valence-electron chi connectivity index (χ1n) is 10.1. The SMILES string of the molecule is CC#Cc1cc(Br)c(CC(=O)NC2(C(=O)OC)CCC(OC(C)C)CC2)c(OC)c1. The molecule has 2 rings (SSSR count). The molecule has 164 valence electrons. The van der Waals surface area contributed by atoms with Gasteiger partial charge in [0, 0.05) is 15.6 Å². The summed E-state index contributed by atoms with van der Waals surface area (Å²) in [5.41, 5.74) is 0.462. The molecule has 1 aromatic carbocycles. The quantitative estimate of drug-likeness (QED) is 0.475. The van der Waals surface area contributed by atoms with Crippen LogP contribution in [0.15, 0.2) is 16.6 Å². The fourth-order valence-electron chi connectivity index (χ4n) is 3.83. The van der Waals surface area contributed by atoms with Crippen LogP contribution in [0.5, 0.6) is 5.75 Å². The summed E-state index contributed by atoms with van der Waals surface area (Å²) >= 11 is 3.51. The normalized spacial score (nSPS) is 20.8. The lowest BCUT2D eigenvalue weighted by Crippen LogP contribution is -2.58. The van der Waals surface area contributed by atoms with Crippen molar-refractivity contribution in [1.29, 1.82) is 0 Å². The van der Waals surface area contributed by atoms with E-state index in [1.807, 2.05) is 19.9 Å². The molecule has 30 heavy (non-hydrogen) atoms. The molecule has 1 aromatic rings. The molecule has 0 spiro atoms. The number of amides is 1. The number of esters is 1. The highest BCUT2D eigenvalue weighted by Gasteiger charge is 2.44. The molecule has 0 radical (unpaired) electrons. The minimum absolute atomic E-state index is 0.0637. The van der Waals surface area contributed by atoms with Gasteiger partial charge in [-0.15, -0.1) is 5.92 Å². The molecule has 7 heteroatoms. The molecule has 0 aliphatic heterocycles. The fraction of sp³-hybridized carbons (Fsp3) is 0.565. The van der Waals surface area contributed by atoms with Crippen molar-refractivity contribution in [3.63, 3.8) is 0 Å². The van der Waals surface area contributed by atoms with E-state index in [9.17, 15) is 9.59 Å². The average Bonchev–Trinajstić information content (AvgIpc) is 2.70. The molecule has 0 aromatic heterocycles.